The maximum absolute atomic E-state index is 12.7. The first-order valence-electron chi connectivity index (χ1n) is 6.82. The molecule has 2 aromatic heterocycles. The molecule has 2 heterocycles. The number of rotatable bonds is 3. The van der Waals surface area contributed by atoms with Crippen LogP contribution in [-0.4, -0.2) is 10.8 Å². The third-order valence-electron chi connectivity index (χ3n) is 3.82. The van der Waals surface area contributed by atoms with Gasteiger partial charge in [-0.15, -0.1) is 11.3 Å². The largest absolute Gasteiger partial charge is 0.360 e. The maximum Gasteiger partial charge on any atom is 0.205 e. The molecule has 0 unspecified atom stereocenters. The molecule has 20 heavy (non-hydrogen) atoms. The average Bonchev–Trinajstić information content (AvgIpc) is 3.02. The standard InChI is InChI=1S/C17H17NOS/c1-4-12-6-5-7-13-14(9-18-16(12)13)17(19)15-8-10(2)11(3)20-15/h5-9,18H,4H2,1-3H3. The van der Waals surface area contributed by atoms with Gasteiger partial charge < -0.3 is 4.98 Å². The van der Waals surface area contributed by atoms with E-state index in [1.807, 2.05) is 31.3 Å². The van der Waals surface area contributed by atoms with Crippen LogP contribution in [0.25, 0.3) is 10.9 Å². The minimum Gasteiger partial charge on any atom is -0.360 e. The highest BCUT2D eigenvalue weighted by Crippen LogP contribution is 2.28. The molecule has 0 aliphatic heterocycles. The van der Waals surface area contributed by atoms with Crippen LogP contribution in [0.5, 0.6) is 0 Å². The Morgan fingerprint density at radius 3 is 2.75 bits per heavy atom. The molecule has 0 radical (unpaired) electrons. The zero-order valence-corrected chi connectivity index (χ0v) is 12.7. The van der Waals surface area contributed by atoms with Crippen LogP contribution >= 0.6 is 11.3 Å². The van der Waals surface area contributed by atoms with Crippen LogP contribution in [0.3, 0.4) is 0 Å². The van der Waals surface area contributed by atoms with Gasteiger partial charge in [-0.05, 0) is 37.5 Å². The summed E-state index contributed by atoms with van der Waals surface area (Å²) in [7, 11) is 0. The van der Waals surface area contributed by atoms with Gasteiger partial charge in [0, 0.05) is 27.5 Å². The zero-order valence-electron chi connectivity index (χ0n) is 11.9. The van der Waals surface area contributed by atoms with Gasteiger partial charge in [-0.1, -0.05) is 25.1 Å². The summed E-state index contributed by atoms with van der Waals surface area (Å²) >= 11 is 1.58. The molecule has 0 fully saturated rings. The second-order valence-corrected chi connectivity index (χ2v) is 6.33. The predicted octanol–water partition coefficient (Wildman–Crippen LogP) is 4.64. The Labute approximate surface area is 122 Å². The SMILES string of the molecule is CCc1cccc2c(C(=O)c3cc(C)c(C)s3)c[nH]c12. The number of para-hydroxylation sites is 1. The Hall–Kier alpha value is -1.87. The van der Waals surface area contributed by atoms with Crippen molar-refractivity contribution in [3.05, 3.63) is 56.9 Å². The Bertz CT molecular complexity index is 775. The number of thiophene rings is 1. The summed E-state index contributed by atoms with van der Waals surface area (Å²) in [5.41, 5.74) is 4.30. The lowest BCUT2D eigenvalue weighted by molar-refractivity contribution is 0.104. The Kier molecular flexibility index (Phi) is 3.22. The van der Waals surface area contributed by atoms with E-state index in [0.717, 1.165) is 27.8 Å². The van der Waals surface area contributed by atoms with E-state index in [-0.39, 0.29) is 5.78 Å². The molecule has 0 bridgehead atoms. The second kappa shape index (κ2) is 4.91. The fraction of sp³-hybridized carbons (Fsp3) is 0.235. The number of aromatic amines is 1. The molecule has 0 aliphatic rings. The van der Waals surface area contributed by atoms with Crippen molar-refractivity contribution in [1.29, 1.82) is 0 Å². The van der Waals surface area contributed by atoms with E-state index < -0.39 is 0 Å². The van der Waals surface area contributed by atoms with Gasteiger partial charge in [-0.3, -0.25) is 4.79 Å². The number of hydrogen-bond donors (Lipinski definition) is 1. The Balaban J connectivity index is 2.13. The van der Waals surface area contributed by atoms with Crippen LogP contribution in [-0.2, 0) is 6.42 Å². The van der Waals surface area contributed by atoms with Gasteiger partial charge >= 0.3 is 0 Å². The van der Waals surface area contributed by atoms with Gasteiger partial charge in [0.15, 0.2) is 0 Å². The molecule has 0 spiro atoms. The number of H-pyrrole nitrogens is 1. The highest BCUT2D eigenvalue weighted by molar-refractivity contribution is 7.14. The van der Waals surface area contributed by atoms with Crippen LogP contribution in [0.4, 0.5) is 0 Å². The molecule has 102 valence electrons. The normalized spacial score (nSPS) is 11.2. The van der Waals surface area contributed by atoms with Crippen molar-refractivity contribution in [2.75, 3.05) is 0 Å². The van der Waals surface area contributed by atoms with Crippen LogP contribution in [0, 0.1) is 13.8 Å². The van der Waals surface area contributed by atoms with Crippen molar-refractivity contribution in [2.24, 2.45) is 0 Å². The first-order valence-corrected chi connectivity index (χ1v) is 7.64. The first-order chi connectivity index (χ1) is 9.61. The number of aryl methyl sites for hydroxylation is 3. The van der Waals surface area contributed by atoms with E-state index >= 15 is 0 Å². The Morgan fingerprint density at radius 1 is 1.30 bits per heavy atom. The second-order valence-electron chi connectivity index (χ2n) is 5.07. The highest BCUT2D eigenvalue weighted by atomic mass is 32.1. The predicted molar refractivity (Wildman–Crippen MR) is 84.9 cm³/mol. The summed E-state index contributed by atoms with van der Waals surface area (Å²) in [6.45, 7) is 6.23. The summed E-state index contributed by atoms with van der Waals surface area (Å²) in [5, 5.41) is 1.03. The molecular formula is C17H17NOS. The van der Waals surface area contributed by atoms with Crippen LogP contribution in [0.1, 0.15) is 38.2 Å². The van der Waals surface area contributed by atoms with Crippen molar-refractivity contribution >= 4 is 28.0 Å². The minimum atomic E-state index is 0.116. The maximum atomic E-state index is 12.7. The molecule has 3 heteroatoms. The molecule has 0 aliphatic carbocycles. The molecular weight excluding hydrogens is 266 g/mol. The molecule has 1 aromatic carbocycles. The van der Waals surface area contributed by atoms with Crippen molar-refractivity contribution in [1.82, 2.24) is 4.98 Å². The number of carbonyl (C=O) groups is 1. The number of hydrogen-bond acceptors (Lipinski definition) is 2. The van der Waals surface area contributed by atoms with Crippen molar-refractivity contribution in [2.45, 2.75) is 27.2 Å². The van der Waals surface area contributed by atoms with Crippen LogP contribution < -0.4 is 0 Å². The van der Waals surface area contributed by atoms with Crippen LogP contribution in [0.2, 0.25) is 0 Å². The molecule has 0 atom stereocenters. The third-order valence-corrected chi connectivity index (χ3v) is 4.97. The number of aromatic nitrogens is 1. The van der Waals surface area contributed by atoms with E-state index in [2.05, 4.69) is 24.9 Å². The zero-order chi connectivity index (χ0) is 14.3. The molecule has 0 saturated heterocycles. The van der Waals surface area contributed by atoms with E-state index in [0.29, 0.717) is 0 Å². The van der Waals surface area contributed by atoms with Crippen LogP contribution in [0.15, 0.2) is 30.5 Å². The fourth-order valence-corrected chi connectivity index (χ4v) is 3.51. The molecule has 0 amide bonds. The lowest BCUT2D eigenvalue weighted by Crippen LogP contribution is -1.97. The molecule has 1 N–H and O–H groups in total. The van der Waals surface area contributed by atoms with Gasteiger partial charge in [0.1, 0.15) is 0 Å². The Morgan fingerprint density at radius 2 is 2.10 bits per heavy atom. The van der Waals surface area contributed by atoms with Gasteiger partial charge in [-0.25, -0.2) is 0 Å². The van der Waals surface area contributed by atoms with E-state index in [4.69, 9.17) is 0 Å². The number of benzene rings is 1. The summed E-state index contributed by atoms with van der Waals surface area (Å²) < 4.78 is 0. The van der Waals surface area contributed by atoms with Crippen molar-refractivity contribution in [3.8, 4) is 0 Å². The molecule has 0 saturated carbocycles. The summed E-state index contributed by atoms with van der Waals surface area (Å²) in [6.07, 6.45) is 2.80. The lowest BCUT2D eigenvalue weighted by Gasteiger charge is -2.00. The summed E-state index contributed by atoms with van der Waals surface area (Å²) in [6, 6.07) is 8.14. The average molecular weight is 283 g/mol. The summed E-state index contributed by atoms with van der Waals surface area (Å²) in [5.74, 6) is 0.116. The highest BCUT2D eigenvalue weighted by Gasteiger charge is 2.17. The molecule has 3 rings (SSSR count). The number of carbonyl (C=O) groups excluding carboxylic acids is 1. The minimum absolute atomic E-state index is 0.116. The molecule has 3 aromatic rings. The number of fused-ring (bicyclic) bond motifs is 1. The van der Waals surface area contributed by atoms with Gasteiger partial charge in [0.05, 0.1) is 4.88 Å². The van der Waals surface area contributed by atoms with E-state index in [1.54, 1.807) is 11.3 Å². The smallest absolute Gasteiger partial charge is 0.205 e. The van der Waals surface area contributed by atoms with Gasteiger partial charge in [-0.2, -0.15) is 0 Å². The van der Waals surface area contributed by atoms with Gasteiger partial charge in [0.25, 0.3) is 0 Å². The topological polar surface area (TPSA) is 32.9 Å². The first kappa shape index (κ1) is 13.1. The van der Waals surface area contributed by atoms with Gasteiger partial charge in [0.2, 0.25) is 5.78 Å². The third kappa shape index (κ3) is 1.98. The quantitative estimate of drug-likeness (QED) is 0.698. The van der Waals surface area contributed by atoms with E-state index in [1.165, 1.54) is 16.0 Å². The van der Waals surface area contributed by atoms with E-state index in [9.17, 15) is 4.79 Å². The van der Waals surface area contributed by atoms with Crippen molar-refractivity contribution in [3.63, 3.8) is 0 Å². The fourth-order valence-electron chi connectivity index (χ4n) is 2.52. The monoisotopic (exact) mass is 283 g/mol. The number of ketones is 1. The van der Waals surface area contributed by atoms with Crippen molar-refractivity contribution < 1.29 is 4.79 Å². The molecule has 2 nitrogen and oxygen atoms in total. The number of nitrogens with one attached hydrogen (secondary N) is 1. The lowest BCUT2D eigenvalue weighted by atomic mass is 10.0. The summed E-state index contributed by atoms with van der Waals surface area (Å²) in [4.78, 5) is 18.0.